The topological polar surface area (TPSA) is 192 Å². The highest BCUT2D eigenvalue weighted by Crippen LogP contribution is 2.19. The fourth-order valence-electron chi connectivity index (χ4n) is 3.18. The minimum Gasteiger partial charge on any atom is -0.480 e. The third-order valence-corrected chi connectivity index (χ3v) is 4.90. The predicted molar refractivity (Wildman–Crippen MR) is 118 cm³/mol. The van der Waals surface area contributed by atoms with Gasteiger partial charge in [-0.25, -0.2) is 0 Å². The molecule has 0 saturated carbocycles. The molecule has 3 amide bonds. The smallest absolute Gasteiger partial charge is 0.322 e. The number of rotatable bonds is 13. The molecule has 1 heterocycles. The van der Waals surface area contributed by atoms with E-state index in [-0.39, 0.29) is 6.42 Å². The molecule has 0 fully saturated rings. The number of amides is 3. The van der Waals surface area contributed by atoms with Gasteiger partial charge in [0.05, 0.1) is 12.6 Å². The Morgan fingerprint density at radius 1 is 1.03 bits per heavy atom. The summed E-state index contributed by atoms with van der Waals surface area (Å²) < 4.78 is 0. The summed E-state index contributed by atoms with van der Waals surface area (Å²) in [6.45, 7) is -0.472. The number of aromatic nitrogens is 1. The molecule has 2 atom stereocenters. The first-order chi connectivity index (χ1) is 15.3. The van der Waals surface area contributed by atoms with Gasteiger partial charge in [0.15, 0.2) is 0 Å². The number of hydrogen-bond donors (Lipinski definition) is 7. The first-order valence-electron chi connectivity index (χ1n) is 10.4. The van der Waals surface area contributed by atoms with Crippen LogP contribution in [0.2, 0.25) is 0 Å². The van der Waals surface area contributed by atoms with Crippen molar-refractivity contribution in [2.45, 2.75) is 37.8 Å². The molecule has 1 aromatic heterocycles. The second-order valence-electron chi connectivity index (χ2n) is 7.40. The van der Waals surface area contributed by atoms with Crippen LogP contribution in [0.4, 0.5) is 0 Å². The molecule has 0 aliphatic carbocycles. The van der Waals surface area contributed by atoms with E-state index in [4.69, 9.17) is 16.6 Å². The molecule has 0 radical (unpaired) electrons. The van der Waals surface area contributed by atoms with Crippen molar-refractivity contribution in [2.24, 2.45) is 11.5 Å². The van der Waals surface area contributed by atoms with E-state index in [1.54, 1.807) is 6.20 Å². The standard InChI is InChI=1S/C21H30N6O5/c22-8-4-3-6-15(23)20(31)27-17(21(32)26-11-18(28)25-12-19(29)30)9-13-10-24-16-7-2-1-5-14(13)16/h1-2,5,7,10,15,17,24H,3-4,6,8-9,11-12,22-23H2,(H,25,28)(H,26,32)(H,27,31)(H,29,30). The number of carbonyl (C=O) groups excluding carboxylic acids is 3. The Labute approximate surface area is 185 Å². The highest BCUT2D eigenvalue weighted by Gasteiger charge is 2.25. The average molecular weight is 447 g/mol. The third-order valence-electron chi connectivity index (χ3n) is 4.90. The second kappa shape index (κ2) is 12.4. The molecule has 11 nitrogen and oxygen atoms in total. The molecule has 2 aromatic rings. The Hall–Kier alpha value is -3.44. The zero-order valence-electron chi connectivity index (χ0n) is 17.7. The Kier molecular flexibility index (Phi) is 9.64. The maximum absolute atomic E-state index is 12.8. The molecule has 11 heteroatoms. The normalized spacial score (nSPS) is 12.7. The van der Waals surface area contributed by atoms with Crippen LogP contribution in [0, 0.1) is 0 Å². The lowest BCUT2D eigenvalue weighted by Crippen LogP contribution is -2.53. The molecule has 0 spiro atoms. The van der Waals surface area contributed by atoms with Crippen molar-refractivity contribution in [3.05, 3.63) is 36.0 Å². The van der Waals surface area contributed by atoms with Crippen LogP contribution in [0.25, 0.3) is 10.9 Å². The van der Waals surface area contributed by atoms with Gasteiger partial charge >= 0.3 is 5.97 Å². The third kappa shape index (κ3) is 7.67. The van der Waals surface area contributed by atoms with E-state index in [1.807, 2.05) is 24.3 Å². The summed E-state index contributed by atoms with van der Waals surface area (Å²) in [6.07, 6.45) is 3.80. The Bertz CT molecular complexity index is 944. The summed E-state index contributed by atoms with van der Waals surface area (Å²) in [7, 11) is 0. The van der Waals surface area contributed by atoms with Crippen molar-refractivity contribution in [2.75, 3.05) is 19.6 Å². The van der Waals surface area contributed by atoms with Gasteiger partial charge in [0.25, 0.3) is 0 Å². The number of aliphatic carboxylic acids is 1. The number of fused-ring (bicyclic) bond motifs is 1. The number of aromatic amines is 1. The predicted octanol–water partition coefficient (Wildman–Crippen LogP) is -1.03. The lowest BCUT2D eigenvalue weighted by molar-refractivity contribution is -0.138. The van der Waals surface area contributed by atoms with Crippen molar-refractivity contribution in [3.63, 3.8) is 0 Å². The maximum Gasteiger partial charge on any atom is 0.322 e. The molecule has 0 bridgehead atoms. The first kappa shape index (κ1) is 24.8. The summed E-state index contributed by atoms with van der Waals surface area (Å²) in [5.41, 5.74) is 13.1. The monoisotopic (exact) mass is 446 g/mol. The fraction of sp³-hybridized carbons (Fsp3) is 0.429. The van der Waals surface area contributed by atoms with Crippen LogP contribution < -0.4 is 27.4 Å². The minimum absolute atomic E-state index is 0.174. The molecular weight excluding hydrogens is 416 g/mol. The number of unbranched alkanes of at least 4 members (excludes halogenated alkanes) is 1. The molecule has 0 aliphatic heterocycles. The van der Waals surface area contributed by atoms with E-state index >= 15 is 0 Å². The SMILES string of the molecule is NCCCCC(N)C(=O)NC(Cc1c[nH]c2ccccc12)C(=O)NCC(=O)NCC(=O)O. The highest BCUT2D eigenvalue weighted by molar-refractivity contribution is 5.93. The number of H-pyrrole nitrogens is 1. The van der Waals surface area contributed by atoms with Gasteiger partial charge in [0, 0.05) is 23.5 Å². The molecule has 2 rings (SSSR count). The van der Waals surface area contributed by atoms with Crippen LogP contribution in [0.1, 0.15) is 24.8 Å². The fourth-order valence-corrected chi connectivity index (χ4v) is 3.18. The summed E-state index contributed by atoms with van der Waals surface area (Å²) in [5, 5.41) is 16.8. The molecule has 0 saturated heterocycles. The molecular formula is C21H30N6O5. The number of hydrogen-bond acceptors (Lipinski definition) is 6. The van der Waals surface area contributed by atoms with E-state index in [0.717, 1.165) is 22.9 Å². The number of carbonyl (C=O) groups is 4. The van der Waals surface area contributed by atoms with Gasteiger partial charge in [-0.1, -0.05) is 24.6 Å². The van der Waals surface area contributed by atoms with Crippen LogP contribution in [0.5, 0.6) is 0 Å². The Balaban J connectivity index is 2.07. The first-order valence-corrected chi connectivity index (χ1v) is 10.4. The zero-order valence-corrected chi connectivity index (χ0v) is 17.7. The Morgan fingerprint density at radius 2 is 1.78 bits per heavy atom. The van der Waals surface area contributed by atoms with Crippen molar-refractivity contribution in [1.82, 2.24) is 20.9 Å². The largest absolute Gasteiger partial charge is 0.480 e. The molecule has 1 aromatic carbocycles. The molecule has 2 unspecified atom stereocenters. The van der Waals surface area contributed by atoms with Crippen LogP contribution in [-0.2, 0) is 25.6 Å². The minimum atomic E-state index is -1.20. The Morgan fingerprint density at radius 3 is 2.50 bits per heavy atom. The number of para-hydroxylation sites is 1. The summed E-state index contributed by atoms with van der Waals surface area (Å²) in [4.78, 5) is 50.7. The molecule has 9 N–H and O–H groups in total. The van der Waals surface area contributed by atoms with Gasteiger partial charge in [-0.15, -0.1) is 0 Å². The van der Waals surface area contributed by atoms with E-state index in [2.05, 4.69) is 20.9 Å². The molecule has 0 aliphatic rings. The number of carboxylic acids is 1. The van der Waals surface area contributed by atoms with E-state index < -0.39 is 48.9 Å². The van der Waals surface area contributed by atoms with Crippen LogP contribution in [0.3, 0.4) is 0 Å². The van der Waals surface area contributed by atoms with Crippen LogP contribution in [0.15, 0.2) is 30.5 Å². The zero-order chi connectivity index (χ0) is 23.5. The van der Waals surface area contributed by atoms with Crippen LogP contribution in [-0.4, -0.2) is 65.5 Å². The van der Waals surface area contributed by atoms with Crippen LogP contribution >= 0.6 is 0 Å². The van der Waals surface area contributed by atoms with Crippen molar-refractivity contribution in [3.8, 4) is 0 Å². The van der Waals surface area contributed by atoms with E-state index in [1.165, 1.54) is 0 Å². The maximum atomic E-state index is 12.8. The second-order valence-corrected chi connectivity index (χ2v) is 7.40. The van der Waals surface area contributed by atoms with E-state index in [0.29, 0.717) is 19.4 Å². The van der Waals surface area contributed by atoms with Crippen molar-refractivity contribution in [1.29, 1.82) is 0 Å². The number of nitrogens with one attached hydrogen (secondary N) is 4. The van der Waals surface area contributed by atoms with Crippen molar-refractivity contribution >= 4 is 34.6 Å². The van der Waals surface area contributed by atoms with Gasteiger partial charge in [0.1, 0.15) is 12.6 Å². The average Bonchev–Trinajstić information content (AvgIpc) is 3.18. The van der Waals surface area contributed by atoms with Gasteiger partial charge in [-0.3, -0.25) is 19.2 Å². The lowest BCUT2D eigenvalue weighted by Gasteiger charge is -2.20. The quantitative estimate of drug-likeness (QED) is 0.191. The summed E-state index contributed by atoms with van der Waals surface area (Å²) in [6, 6.07) is 5.77. The van der Waals surface area contributed by atoms with Gasteiger partial charge < -0.3 is 37.5 Å². The highest BCUT2D eigenvalue weighted by atomic mass is 16.4. The summed E-state index contributed by atoms with van der Waals surface area (Å²) >= 11 is 0. The number of nitrogens with two attached hydrogens (primary N) is 2. The number of carboxylic acid groups (broad SMARTS) is 1. The van der Waals surface area contributed by atoms with Gasteiger partial charge in [0.2, 0.25) is 17.7 Å². The van der Waals surface area contributed by atoms with Crippen molar-refractivity contribution < 1.29 is 24.3 Å². The number of benzene rings is 1. The summed E-state index contributed by atoms with van der Waals surface area (Å²) in [5.74, 6) is -2.91. The van der Waals surface area contributed by atoms with Gasteiger partial charge in [-0.2, -0.15) is 0 Å². The van der Waals surface area contributed by atoms with Gasteiger partial charge in [-0.05, 0) is 31.0 Å². The lowest BCUT2D eigenvalue weighted by atomic mass is 10.0. The molecule has 174 valence electrons. The van der Waals surface area contributed by atoms with E-state index in [9.17, 15) is 19.2 Å². The molecule has 32 heavy (non-hydrogen) atoms.